The molecule has 0 aromatic heterocycles. The molecule has 0 bridgehead atoms. The van der Waals surface area contributed by atoms with Crippen molar-refractivity contribution < 1.29 is 19.1 Å². The molecule has 180 valence electrons. The SMILES string of the molecule is O=C(NC(CCN1CC2CN(C(=O)C3CCCC3)C[C@@H]2C1)c1ccccc1)OC1CCOC1. The summed E-state index contributed by atoms with van der Waals surface area (Å²) in [6.07, 6.45) is 5.69. The van der Waals surface area contributed by atoms with E-state index >= 15 is 0 Å². The Hall–Kier alpha value is -2.12. The van der Waals surface area contributed by atoms with Crippen LogP contribution in [0.3, 0.4) is 0 Å². The molecule has 1 aliphatic carbocycles. The van der Waals surface area contributed by atoms with Crippen LogP contribution in [0.25, 0.3) is 0 Å². The second-order valence-electron chi connectivity index (χ2n) is 10.3. The lowest BCUT2D eigenvalue weighted by molar-refractivity contribution is -0.134. The molecule has 1 aromatic rings. The van der Waals surface area contributed by atoms with Crippen LogP contribution in [-0.4, -0.2) is 73.8 Å². The van der Waals surface area contributed by atoms with Crippen molar-refractivity contribution in [1.82, 2.24) is 15.1 Å². The Balaban J connectivity index is 1.12. The zero-order valence-electron chi connectivity index (χ0n) is 19.5. The highest BCUT2D eigenvalue weighted by atomic mass is 16.6. The second kappa shape index (κ2) is 10.4. The van der Waals surface area contributed by atoms with Crippen LogP contribution in [0.4, 0.5) is 4.79 Å². The van der Waals surface area contributed by atoms with Crippen molar-refractivity contribution in [1.29, 1.82) is 0 Å². The fraction of sp³-hybridized carbons (Fsp3) is 0.692. The van der Waals surface area contributed by atoms with Crippen molar-refractivity contribution in [2.45, 2.75) is 50.7 Å². The van der Waals surface area contributed by atoms with E-state index in [1.54, 1.807) is 0 Å². The first-order valence-corrected chi connectivity index (χ1v) is 12.8. The molecule has 5 rings (SSSR count). The Morgan fingerprint density at radius 3 is 2.42 bits per heavy atom. The number of nitrogens with one attached hydrogen (secondary N) is 1. The quantitative estimate of drug-likeness (QED) is 0.684. The lowest BCUT2D eigenvalue weighted by atomic mass is 10.0. The number of amides is 2. The summed E-state index contributed by atoms with van der Waals surface area (Å²) >= 11 is 0. The van der Waals surface area contributed by atoms with E-state index in [0.29, 0.717) is 31.0 Å². The van der Waals surface area contributed by atoms with E-state index in [4.69, 9.17) is 9.47 Å². The van der Waals surface area contributed by atoms with Gasteiger partial charge in [0.15, 0.2) is 0 Å². The molecule has 3 heterocycles. The minimum absolute atomic E-state index is 0.0816. The van der Waals surface area contributed by atoms with Crippen LogP contribution in [-0.2, 0) is 14.3 Å². The molecule has 4 aliphatic rings. The van der Waals surface area contributed by atoms with Gasteiger partial charge in [0.1, 0.15) is 6.10 Å². The normalized spacial score (nSPS) is 28.7. The van der Waals surface area contributed by atoms with Gasteiger partial charge in [-0.3, -0.25) is 4.79 Å². The number of alkyl carbamates (subject to hydrolysis) is 1. The fourth-order valence-electron chi connectivity index (χ4n) is 6.14. The number of carbonyl (C=O) groups is 2. The third-order valence-corrected chi connectivity index (χ3v) is 7.97. The van der Waals surface area contributed by atoms with E-state index in [1.165, 1.54) is 12.8 Å². The molecule has 4 atom stereocenters. The van der Waals surface area contributed by atoms with Crippen molar-refractivity contribution in [3.8, 4) is 0 Å². The first-order chi connectivity index (χ1) is 16.2. The minimum atomic E-state index is -0.362. The van der Waals surface area contributed by atoms with Crippen LogP contribution >= 0.6 is 0 Å². The van der Waals surface area contributed by atoms with Crippen molar-refractivity contribution in [3.63, 3.8) is 0 Å². The third kappa shape index (κ3) is 5.52. The van der Waals surface area contributed by atoms with Gasteiger partial charge in [-0.2, -0.15) is 0 Å². The van der Waals surface area contributed by atoms with Crippen LogP contribution in [0.5, 0.6) is 0 Å². The van der Waals surface area contributed by atoms with Gasteiger partial charge >= 0.3 is 6.09 Å². The standard InChI is InChI=1S/C26H37N3O4/c30-25(20-8-4-5-9-20)29-16-21-14-28(15-22(21)17-29)12-10-24(19-6-2-1-3-7-19)27-26(31)33-23-11-13-32-18-23/h1-3,6-7,20-24H,4-5,8-18H2,(H,27,31)/t21-,22?,23?,24?/m0/s1. The highest BCUT2D eigenvalue weighted by Gasteiger charge is 2.43. The van der Waals surface area contributed by atoms with Gasteiger partial charge in [0.05, 0.1) is 19.3 Å². The van der Waals surface area contributed by atoms with E-state index in [0.717, 1.165) is 64.0 Å². The Kier molecular flexibility index (Phi) is 7.16. The van der Waals surface area contributed by atoms with Crippen LogP contribution in [0.2, 0.25) is 0 Å². The van der Waals surface area contributed by atoms with Gasteiger partial charge in [-0.05, 0) is 36.7 Å². The number of hydrogen-bond donors (Lipinski definition) is 1. The van der Waals surface area contributed by atoms with E-state index in [2.05, 4.69) is 27.2 Å². The molecule has 0 radical (unpaired) electrons. The Morgan fingerprint density at radius 1 is 1.03 bits per heavy atom. The lowest BCUT2D eigenvalue weighted by Crippen LogP contribution is -2.37. The van der Waals surface area contributed by atoms with Gasteiger partial charge in [-0.1, -0.05) is 43.2 Å². The molecule has 3 unspecified atom stereocenters. The summed E-state index contributed by atoms with van der Waals surface area (Å²) in [6.45, 7) is 6.01. The largest absolute Gasteiger partial charge is 0.444 e. The number of benzene rings is 1. The van der Waals surface area contributed by atoms with E-state index < -0.39 is 0 Å². The first-order valence-electron chi connectivity index (χ1n) is 12.8. The van der Waals surface area contributed by atoms with Crippen LogP contribution < -0.4 is 5.32 Å². The number of carbonyl (C=O) groups excluding carboxylic acids is 2. The van der Waals surface area contributed by atoms with Gasteiger partial charge in [0.2, 0.25) is 5.91 Å². The molecule has 4 fully saturated rings. The Labute approximate surface area is 196 Å². The molecule has 1 N–H and O–H groups in total. The van der Waals surface area contributed by atoms with Gasteiger partial charge in [-0.15, -0.1) is 0 Å². The van der Waals surface area contributed by atoms with Crippen LogP contribution in [0, 0.1) is 17.8 Å². The molecule has 33 heavy (non-hydrogen) atoms. The van der Waals surface area contributed by atoms with Crippen molar-refractivity contribution >= 4 is 12.0 Å². The molecule has 3 aliphatic heterocycles. The molecular formula is C26H37N3O4. The molecule has 3 saturated heterocycles. The molecule has 0 spiro atoms. The molecular weight excluding hydrogens is 418 g/mol. The molecule has 1 saturated carbocycles. The maximum absolute atomic E-state index is 12.8. The average Bonchev–Trinajstić information content (AvgIpc) is 3.62. The molecule has 7 nitrogen and oxygen atoms in total. The third-order valence-electron chi connectivity index (χ3n) is 7.97. The number of ether oxygens (including phenoxy) is 2. The summed E-state index contributed by atoms with van der Waals surface area (Å²) in [7, 11) is 0. The summed E-state index contributed by atoms with van der Waals surface area (Å²) in [4.78, 5) is 30.0. The minimum Gasteiger partial charge on any atom is -0.444 e. The Bertz CT molecular complexity index is 793. The molecule has 1 aromatic carbocycles. The summed E-state index contributed by atoms with van der Waals surface area (Å²) < 4.78 is 10.9. The average molecular weight is 456 g/mol. The van der Waals surface area contributed by atoms with E-state index in [1.807, 2.05) is 18.2 Å². The maximum atomic E-state index is 12.8. The van der Waals surface area contributed by atoms with E-state index in [9.17, 15) is 9.59 Å². The zero-order valence-corrected chi connectivity index (χ0v) is 19.5. The van der Waals surface area contributed by atoms with Crippen LogP contribution in [0.1, 0.15) is 50.1 Å². The van der Waals surface area contributed by atoms with Crippen molar-refractivity contribution in [2.75, 3.05) is 45.9 Å². The number of nitrogens with zero attached hydrogens (tertiary/aromatic N) is 2. The fourth-order valence-corrected chi connectivity index (χ4v) is 6.14. The van der Waals surface area contributed by atoms with Gasteiger partial charge in [0.25, 0.3) is 0 Å². The summed E-state index contributed by atoms with van der Waals surface area (Å²) in [5, 5.41) is 3.09. The number of likely N-dealkylation sites (tertiary alicyclic amines) is 2. The monoisotopic (exact) mass is 455 g/mol. The first kappa shape index (κ1) is 22.7. The van der Waals surface area contributed by atoms with Crippen molar-refractivity contribution in [3.05, 3.63) is 35.9 Å². The predicted molar refractivity (Wildman–Crippen MR) is 125 cm³/mol. The zero-order chi connectivity index (χ0) is 22.6. The number of hydrogen-bond acceptors (Lipinski definition) is 5. The number of fused-ring (bicyclic) bond motifs is 1. The lowest BCUT2D eigenvalue weighted by Gasteiger charge is -2.26. The maximum Gasteiger partial charge on any atom is 0.407 e. The molecule has 2 amide bonds. The van der Waals surface area contributed by atoms with Crippen LogP contribution in [0.15, 0.2) is 30.3 Å². The smallest absolute Gasteiger partial charge is 0.407 e. The summed E-state index contributed by atoms with van der Waals surface area (Å²) in [6, 6.07) is 10.1. The van der Waals surface area contributed by atoms with Gasteiger partial charge in [0, 0.05) is 45.1 Å². The summed E-state index contributed by atoms with van der Waals surface area (Å²) in [5.41, 5.74) is 1.10. The highest BCUT2D eigenvalue weighted by molar-refractivity contribution is 5.79. The van der Waals surface area contributed by atoms with Crippen molar-refractivity contribution in [2.24, 2.45) is 17.8 Å². The summed E-state index contributed by atoms with van der Waals surface area (Å²) in [5.74, 6) is 1.87. The second-order valence-corrected chi connectivity index (χ2v) is 10.3. The van der Waals surface area contributed by atoms with Gasteiger partial charge in [-0.25, -0.2) is 4.79 Å². The number of rotatable bonds is 7. The topological polar surface area (TPSA) is 71.1 Å². The van der Waals surface area contributed by atoms with Gasteiger partial charge < -0.3 is 24.6 Å². The molecule has 7 heteroatoms. The Morgan fingerprint density at radius 2 is 1.76 bits per heavy atom. The van der Waals surface area contributed by atoms with E-state index in [-0.39, 0.29) is 24.2 Å². The predicted octanol–water partition coefficient (Wildman–Crippen LogP) is 3.21. The highest BCUT2D eigenvalue weighted by Crippen LogP contribution is 2.35.